The molecule has 2 aromatic carbocycles. The van der Waals surface area contributed by atoms with Crippen LogP contribution in [0.1, 0.15) is 31.0 Å². The third-order valence-electron chi connectivity index (χ3n) is 5.28. The van der Waals surface area contributed by atoms with E-state index in [1.54, 1.807) is 0 Å². The van der Waals surface area contributed by atoms with E-state index in [1.165, 1.54) is 11.8 Å². The molecule has 0 radical (unpaired) electrons. The number of nitrogens with zero attached hydrogens (tertiary/aromatic N) is 2. The van der Waals surface area contributed by atoms with Crippen LogP contribution in [0.2, 0.25) is 10.0 Å². The lowest BCUT2D eigenvalue weighted by molar-refractivity contribution is -0.117. The Balaban J connectivity index is 1.87. The highest BCUT2D eigenvalue weighted by Crippen LogP contribution is 2.54. The van der Waals surface area contributed by atoms with Gasteiger partial charge in [0, 0.05) is 16.6 Å². The molecule has 2 aliphatic rings. The summed E-state index contributed by atoms with van der Waals surface area (Å²) >= 11 is 13.4. The number of carbonyl (C=O) groups is 2. The van der Waals surface area contributed by atoms with E-state index in [1.807, 2.05) is 67.3 Å². The van der Waals surface area contributed by atoms with Crippen LogP contribution in [-0.4, -0.2) is 28.8 Å². The lowest BCUT2D eigenvalue weighted by Gasteiger charge is -2.35. The van der Waals surface area contributed by atoms with Crippen LogP contribution in [0.15, 0.2) is 64.1 Å². The van der Waals surface area contributed by atoms with E-state index in [9.17, 15) is 9.59 Å². The van der Waals surface area contributed by atoms with Crippen LogP contribution in [0.4, 0.5) is 0 Å². The summed E-state index contributed by atoms with van der Waals surface area (Å²) in [5.41, 5.74) is 1.52. The van der Waals surface area contributed by atoms with Gasteiger partial charge >= 0.3 is 0 Å². The molecule has 0 bridgehead atoms. The van der Waals surface area contributed by atoms with E-state index in [0.29, 0.717) is 32.4 Å². The summed E-state index contributed by atoms with van der Waals surface area (Å²) in [4.78, 5) is 31.9. The Hall–Kier alpha value is -2.28. The van der Waals surface area contributed by atoms with Gasteiger partial charge in [0.15, 0.2) is 11.5 Å². The van der Waals surface area contributed by atoms with Crippen LogP contribution in [0.5, 0.6) is 0 Å². The molecular weight excluding hydrogens is 441 g/mol. The molecule has 2 atom stereocenters. The number of amides is 1. The van der Waals surface area contributed by atoms with Gasteiger partial charge in [0.05, 0.1) is 6.04 Å². The molecule has 8 heteroatoms. The molecule has 30 heavy (non-hydrogen) atoms. The van der Waals surface area contributed by atoms with Gasteiger partial charge in [-0.2, -0.15) is 0 Å². The number of carbonyl (C=O) groups excluding carboxylic acids is 2. The van der Waals surface area contributed by atoms with E-state index in [0.717, 1.165) is 17.4 Å². The van der Waals surface area contributed by atoms with Gasteiger partial charge in [0.2, 0.25) is 0 Å². The second-order valence-corrected chi connectivity index (χ2v) is 9.02. The number of aliphatic imine (C=N–C) groups is 1. The maximum Gasteiger partial charge on any atom is 0.260 e. The number of rotatable bonds is 5. The predicted octanol–water partition coefficient (Wildman–Crippen LogP) is 4.91. The third kappa shape index (κ3) is 3.43. The number of likely N-dealkylation sites (N-methyl/N-ethyl adjacent to an activating group) is 1. The highest BCUT2D eigenvalue weighted by atomic mass is 35.5. The zero-order valence-electron chi connectivity index (χ0n) is 16.4. The number of fused-ring (bicyclic) bond motifs is 1. The van der Waals surface area contributed by atoms with Crippen molar-refractivity contribution in [2.75, 3.05) is 6.54 Å². The SMILES string of the molecule is CCNC(=O)C1=C(C=O)N2C(=N[C@@](C)(c3ccc(Cl)cc3)[C@H]2c2ccc(Cl)cc2)S1. The first-order chi connectivity index (χ1) is 14.4. The highest BCUT2D eigenvalue weighted by molar-refractivity contribution is 8.18. The average Bonchev–Trinajstić information content (AvgIpc) is 3.22. The minimum Gasteiger partial charge on any atom is -0.352 e. The molecule has 0 aliphatic carbocycles. The van der Waals surface area contributed by atoms with Crippen LogP contribution in [0, 0.1) is 0 Å². The van der Waals surface area contributed by atoms with Crippen molar-refractivity contribution >= 4 is 52.3 Å². The van der Waals surface area contributed by atoms with Crippen molar-refractivity contribution in [2.24, 2.45) is 4.99 Å². The van der Waals surface area contributed by atoms with E-state index in [4.69, 9.17) is 28.2 Å². The number of hydrogen-bond donors (Lipinski definition) is 1. The molecule has 0 spiro atoms. The Morgan fingerprint density at radius 2 is 1.77 bits per heavy atom. The lowest BCUT2D eigenvalue weighted by Crippen LogP contribution is -2.35. The Morgan fingerprint density at radius 1 is 1.17 bits per heavy atom. The number of allylic oxidation sites excluding steroid dienone is 1. The van der Waals surface area contributed by atoms with Crippen molar-refractivity contribution in [3.8, 4) is 0 Å². The number of hydrogen-bond acceptors (Lipinski definition) is 5. The second-order valence-electron chi connectivity index (χ2n) is 7.17. The van der Waals surface area contributed by atoms with Crippen molar-refractivity contribution in [1.82, 2.24) is 10.2 Å². The smallest absolute Gasteiger partial charge is 0.260 e. The average molecular weight is 460 g/mol. The van der Waals surface area contributed by atoms with Crippen molar-refractivity contribution in [3.63, 3.8) is 0 Å². The van der Waals surface area contributed by atoms with Crippen LogP contribution >= 0.6 is 35.0 Å². The third-order valence-corrected chi connectivity index (χ3v) is 6.85. The molecule has 0 fully saturated rings. The summed E-state index contributed by atoms with van der Waals surface area (Å²) in [6.45, 7) is 4.34. The van der Waals surface area contributed by atoms with Gasteiger partial charge < -0.3 is 10.2 Å². The Labute approximate surface area is 189 Å². The Kier molecular flexibility index (Phi) is 5.66. The number of amidine groups is 1. The first-order valence-corrected chi connectivity index (χ1v) is 11.0. The highest BCUT2D eigenvalue weighted by Gasteiger charge is 2.52. The largest absolute Gasteiger partial charge is 0.352 e. The summed E-state index contributed by atoms with van der Waals surface area (Å²) in [5, 5.41) is 4.65. The van der Waals surface area contributed by atoms with E-state index < -0.39 is 5.54 Å². The summed E-state index contributed by atoms with van der Waals surface area (Å²) in [5.74, 6) is -0.273. The zero-order chi connectivity index (χ0) is 21.5. The van der Waals surface area contributed by atoms with Gasteiger partial charge in [-0.05, 0) is 61.0 Å². The molecule has 2 aromatic rings. The minimum absolute atomic E-state index is 0.273. The molecule has 4 rings (SSSR count). The summed E-state index contributed by atoms with van der Waals surface area (Å²) < 4.78 is 0. The van der Waals surface area contributed by atoms with Gasteiger partial charge in [0.25, 0.3) is 5.91 Å². The van der Waals surface area contributed by atoms with E-state index in [2.05, 4.69) is 5.32 Å². The Bertz CT molecular complexity index is 1070. The van der Waals surface area contributed by atoms with Gasteiger partial charge in [-0.15, -0.1) is 0 Å². The monoisotopic (exact) mass is 459 g/mol. The van der Waals surface area contributed by atoms with Crippen LogP contribution in [0.25, 0.3) is 0 Å². The van der Waals surface area contributed by atoms with E-state index >= 15 is 0 Å². The van der Waals surface area contributed by atoms with Gasteiger partial charge in [-0.25, -0.2) is 4.99 Å². The summed E-state index contributed by atoms with van der Waals surface area (Å²) in [6.07, 6.45) is 0.733. The van der Waals surface area contributed by atoms with Crippen molar-refractivity contribution in [2.45, 2.75) is 25.4 Å². The quantitative estimate of drug-likeness (QED) is 0.644. The molecule has 0 aromatic heterocycles. The maximum atomic E-state index is 12.5. The number of thioether (sulfide) groups is 1. The maximum absolute atomic E-state index is 12.5. The van der Waals surface area contributed by atoms with Gasteiger partial charge in [0.1, 0.15) is 16.1 Å². The van der Waals surface area contributed by atoms with Crippen molar-refractivity contribution in [1.29, 1.82) is 0 Å². The molecular formula is C22H19Cl2N3O2S. The van der Waals surface area contributed by atoms with Crippen LogP contribution < -0.4 is 5.32 Å². The first kappa shape index (κ1) is 21.0. The fourth-order valence-corrected chi connectivity index (χ4v) is 5.27. The van der Waals surface area contributed by atoms with Gasteiger partial charge in [-0.3, -0.25) is 9.59 Å². The topological polar surface area (TPSA) is 61.8 Å². The summed E-state index contributed by atoms with van der Waals surface area (Å²) in [6, 6.07) is 14.7. The molecule has 2 heterocycles. The fourth-order valence-electron chi connectivity index (χ4n) is 3.88. The standard InChI is InChI=1S/C22H19Cl2N3O2S/c1-3-25-20(29)18-17(12-28)27-19(13-4-8-15(23)9-5-13)22(2,26-21(27)30-18)14-6-10-16(24)11-7-14/h4-12,19H,3H2,1-2H3,(H,25,29)/t19-,22+/m1/s1. The van der Waals surface area contributed by atoms with Crippen LogP contribution in [-0.2, 0) is 15.1 Å². The molecule has 5 nitrogen and oxygen atoms in total. The Morgan fingerprint density at radius 3 is 2.33 bits per heavy atom. The molecule has 0 saturated carbocycles. The number of nitrogens with one attached hydrogen (secondary N) is 1. The zero-order valence-corrected chi connectivity index (χ0v) is 18.7. The molecule has 0 saturated heterocycles. The number of benzene rings is 2. The number of aldehydes is 1. The van der Waals surface area contributed by atoms with Gasteiger partial charge in [-0.1, -0.05) is 47.5 Å². The predicted molar refractivity (Wildman–Crippen MR) is 122 cm³/mol. The molecule has 0 unspecified atom stereocenters. The molecule has 1 amide bonds. The lowest BCUT2D eigenvalue weighted by atomic mass is 9.81. The summed E-state index contributed by atoms with van der Waals surface area (Å²) in [7, 11) is 0. The van der Waals surface area contributed by atoms with Crippen LogP contribution in [0.3, 0.4) is 0 Å². The molecule has 2 aliphatic heterocycles. The minimum atomic E-state index is -0.693. The van der Waals surface area contributed by atoms with Crippen molar-refractivity contribution < 1.29 is 9.59 Å². The van der Waals surface area contributed by atoms with Crippen molar-refractivity contribution in [3.05, 3.63) is 80.3 Å². The normalized spacial score (nSPS) is 22.7. The molecule has 154 valence electrons. The second kappa shape index (κ2) is 8.10. The first-order valence-electron chi connectivity index (χ1n) is 9.45. The number of halogens is 2. The molecule has 1 N–H and O–H groups in total. The fraction of sp³-hybridized carbons (Fsp3) is 0.227. The van der Waals surface area contributed by atoms with E-state index in [-0.39, 0.29) is 11.9 Å².